The van der Waals surface area contributed by atoms with Gasteiger partial charge in [0.25, 0.3) is 0 Å². The van der Waals surface area contributed by atoms with Gasteiger partial charge in [-0.15, -0.1) is 0 Å². The summed E-state index contributed by atoms with van der Waals surface area (Å²) < 4.78 is 4.92. The fourth-order valence-corrected chi connectivity index (χ4v) is 2.04. The third-order valence-corrected chi connectivity index (χ3v) is 3.25. The fraction of sp³-hybridized carbons (Fsp3) is 0.375. The fourth-order valence-electron chi connectivity index (χ4n) is 2.04. The molecule has 0 saturated heterocycles. The lowest BCUT2D eigenvalue weighted by Gasteiger charge is -2.21. The standard InChI is InChI=1S/C16H23N5O4/c1-3-25-15(23)12-4-6-14(7-5-12)21(11(2)22)9-8-13(10-17)19-20-16(18)24/h4-7H,3,8-10,17H2,1-2H3,(H3,18,20,24)/b19-13+. The van der Waals surface area contributed by atoms with Crippen molar-refractivity contribution < 1.29 is 19.1 Å². The van der Waals surface area contributed by atoms with Crippen LogP contribution >= 0.6 is 0 Å². The number of hydrogen-bond donors (Lipinski definition) is 3. The smallest absolute Gasteiger partial charge is 0.338 e. The van der Waals surface area contributed by atoms with Gasteiger partial charge in [0.15, 0.2) is 0 Å². The van der Waals surface area contributed by atoms with Crippen LogP contribution in [0, 0.1) is 0 Å². The average molecular weight is 349 g/mol. The van der Waals surface area contributed by atoms with E-state index < -0.39 is 12.0 Å². The van der Waals surface area contributed by atoms with Crippen molar-refractivity contribution in [2.45, 2.75) is 20.3 Å². The molecule has 0 aliphatic heterocycles. The van der Waals surface area contributed by atoms with Crippen molar-refractivity contribution in [3.05, 3.63) is 29.8 Å². The van der Waals surface area contributed by atoms with Crippen molar-refractivity contribution >= 4 is 29.3 Å². The minimum Gasteiger partial charge on any atom is -0.462 e. The molecule has 5 N–H and O–H groups in total. The summed E-state index contributed by atoms with van der Waals surface area (Å²) in [6.45, 7) is 3.88. The van der Waals surface area contributed by atoms with Crippen molar-refractivity contribution in [1.82, 2.24) is 5.43 Å². The third-order valence-electron chi connectivity index (χ3n) is 3.25. The van der Waals surface area contributed by atoms with Crippen LogP contribution in [0.3, 0.4) is 0 Å². The van der Waals surface area contributed by atoms with Gasteiger partial charge in [-0.1, -0.05) is 0 Å². The average Bonchev–Trinajstić information content (AvgIpc) is 2.58. The van der Waals surface area contributed by atoms with Crippen LogP contribution in [-0.4, -0.2) is 43.3 Å². The maximum atomic E-state index is 11.9. The van der Waals surface area contributed by atoms with Crippen molar-refractivity contribution in [2.75, 3.05) is 24.6 Å². The van der Waals surface area contributed by atoms with E-state index in [0.29, 0.717) is 36.5 Å². The molecule has 0 atom stereocenters. The van der Waals surface area contributed by atoms with E-state index >= 15 is 0 Å². The van der Waals surface area contributed by atoms with Crippen LogP contribution in [0.5, 0.6) is 0 Å². The Balaban J connectivity index is 2.83. The van der Waals surface area contributed by atoms with Gasteiger partial charge in [-0.25, -0.2) is 15.0 Å². The molecule has 0 spiro atoms. The molecule has 1 rings (SSSR count). The molecule has 0 aliphatic carbocycles. The molecule has 0 saturated carbocycles. The molecule has 9 heteroatoms. The lowest BCUT2D eigenvalue weighted by atomic mass is 10.1. The summed E-state index contributed by atoms with van der Waals surface area (Å²) in [6.07, 6.45) is 0.357. The Bertz CT molecular complexity index is 642. The Labute approximate surface area is 146 Å². The third kappa shape index (κ3) is 6.60. The first-order valence-corrected chi connectivity index (χ1v) is 7.75. The van der Waals surface area contributed by atoms with Gasteiger partial charge in [0.2, 0.25) is 5.91 Å². The van der Waals surface area contributed by atoms with Gasteiger partial charge < -0.3 is 21.1 Å². The summed E-state index contributed by atoms with van der Waals surface area (Å²) in [4.78, 5) is 35.8. The quantitative estimate of drug-likeness (QED) is 0.358. The van der Waals surface area contributed by atoms with E-state index in [-0.39, 0.29) is 12.5 Å². The van der Waals surface area contributed by atoms with Crippen LogP contribution in [-0.2, 0) is 9.53 Å². The zero-order valence-corrected chi connectivity index (χ0v) is 14.3. The first kappa shape index (κ1) is 20.1. The molecule has 0 aliphatic rings. The Morgan fingerprint density at radius 2 is 1.88 bits per heavy atom. The minimum absolute atomic E-state index is 0.119. The number of anilines is 1. The van der Waals surface area contributed by atoms with Crippen LogP contribution in [0.4, 0.5) is 10.5 Å². The lowest BCUT2D eigenvalue weighted by Crippen LogP contribution is -2.33. The number of ether oxygens (including phenoxy) is 1. The predicted molar refractivity (Wildman–Crippen MR) is 94.3 cm³/mol. The van der Waals surface area contributed by atoms with Crippen LogP contribution < -0.4 is 21.8 Å². The molecule has 0 aromatic heterocycles. The van der Waals surface area contributed by atoms with Crippen LogP contribution in [0.25, 0.3) is 0 Å². The van der Waals surface area contributed by atoms with E-state index in [9.17, 15) is 14.4 Å². The first-order chi connectivity index (χ1) is 11.9. The number of benzene rings is 1. The Kier molecular flexibility index (Phi) is 8.07. The molecule has 0 heterocycles. The summed E-state index contributed by atoms with van der Waals surface area (Å²) in [7, 11) is 0. The number of hydrogen-bond acceptors (Lipinski definition) is 6. The molecule has 3 amide bonds. The van der Waals surface area contributed by atoms with Gasteiger partial charge in [0.05, 0.1) is 17.9 Å². The second kappa shape index (κ2) is 10.0. The molecule has 1 aromatic rings. The normalized spacial score (nSPS) is 10.9. The molecule has 0 radical (unpaired) electrons. The Morgan fingerprint density at radius 3 is 2.36 bits per heavy atom. The van der Waals surface area contributed by atoms with Gasteiger partial charge >= 0.3 is 12.0 Å². The van der Waals surface area contributed by atoms with Gasteiger partial charge in [0, 0.05) is 32.1 Å². The van der Waals surface area contributed by atoms with Crippen molar-refractivity contribution in [1.29, 1.82) is 0 Å². The Morgan fingerprint density at radius 1 is 1.24 bits per heavy atom. The maximum absolute atomic E-state index is 11.9. The van der Waals surface area contributed by atoms with Crippen LogP contribution in [0.2, 0.25) is 0 Å². The second-order valence-electron chi connectivity index (χ2n) is 5.05. The zero-order chi connectivity index (χ0) is 18.8. The van der Waals surface area contributed by atoms with E-state index in [0.717, 1.165) is 0 Å². The van der Waals surface area contributed by atoms with Gasteiger partial charge in [-0.05, 0) is 31.2 Å². The van der Waals surface area contributed by atoms with E-state index in [2.05, 4.69) is 10.5 Å². The largest absolute Gasteiger partial charge is 0.462 e. The van der Waals surface area contributed by atoms with Crippen molar-refractivity contribution in [3.8, 4) is 0 Å². The summed E-state index contributed by atoms with van der Waals surface area (Å²) >= 11 is 0. The van der Waals surface area contributed by atoms with E-state index in [1.54, 1.807) is 31.2 Å². The second-order valence-corrected chi connectivity index (χ2v) is 5.05. The molecule has 0 bridgehead atoms. The number of urea groups is 1. The van der Waals surface area contributed by atoms with E-state index in [1.165, 1.54) is 11.8 Å². The number of primary amides is 1. The molecule has 25 heavy (non-hydrogen) atoms. The van der Waals surface area contributed by atoms with Crippen molar-refractivity contribution in [2.24, 2.45) is 16.6 Å². The highest BCUT2D eigenvalue weighted by molar-refractivity contribution is 5.95. The number of rotatable bonds is 8. The predicted octanol–water partition coefficient (Wildman–Crippen LogP) is 0.589. The number of nitrogens with one attached hydrogen (secondary N) is 1. The molecule has 136 valence electrons. The van der Waals surface area contributed by atoms with Crippen molar-refractivity contribution in [3.63, 3.8) is 0 Å². The van der Waals surface area contributed by atoms with E-state index in [4.69, 9.17) is 16.2 Å². The maximum Gasteiger partial charge on any atom is 0.338 e. The molecule has 0 fully saturated rings. The van der Waals surface area contributed by atoms with E-state index in [1.807, 2.05) is 0 Å². The highest BCUT2D eigenvalue weighted by atomic mass is 16.5. The number of nitrogens with zero attached hydrogens (tertiary/aromatic N) is 2. The highest BCUT2D eigenvalue weighted by Gasteiger charge is 2.14. The number of esters is 1. The number of carbonyl (C=O) groups is 3. The molecule has 9 nitrogen and oxygen atoms in total. The number of amides is 3. The molecular weight excluding hydrogens is 326 g/mol. The zero-order valence-electron chi connectivity index (χ0n) is 14.3. The summed E-state index contributed by atoms with van der Waals surface area (Å²) in [6, 6.07) is 5.72. The topological polar surface area (TPSA) is 140 Å². The molecule has 0 unspecified atom stereocenters. The monoisotopic (exact) mass is 349 g/mol. The summed E-state index contributed by atoms with van der Waals surface area (Å²) in [5.41, 5.74) is 14.2. The van der Waals surface area contributed by atoms with Crippen LogP contribution in [0.1, 0.15) is 30.6 Å². The highest BCUT2D eigenvalue weighted by Crippen LogP contribution is 2.17. The lowest BCUT2D eigenvalue weighted by molar-refractivity contribution is -0.116. The first-order valence-electron chi connectivity index (χ1n) is 7.75. The summed E-state index contributed by atoms with van der Waals surface area (Å²) in [5, 5.41) is 3.79. The van der Waals surface area contributed by atoms with Gasteiger partial charge in [-0.2, -0.15) is 5.10 Å². The molecule has 1 aromatic carbocycles. The molecular formula is C16H23N5O4. The SMILES string of the molecule is CCOC(=O)c1ccc(N(CC/C(CN)=N\NC(N)=O)C(C)=O)cc1. The number of hydrazone groups is 1. The van der Waals surface area contributed by atoms with Gasteiger partial charge in [0.1, 0.15) is 0 Å². The minimum atomic E-state index is -0.788. The number of nitrogens with two attached hydrogens (primary N) is 2. The Hall–Kier alpha value is -2.94. The van der Waals surface area contributed by atoms with Gasteiger partial charge in [-0.3, -0.25) is 4.79 Å². The summed E-state index contributed by atoms with van der Waals surface area (Å²) in [5.74, 6) is -0.596. The number of carbonyl (C=O) groups excluding carboxylic acids is 3. The van der Waals surface area contributed by atoms with Crippen LogP contribution in [0.15, 0.2) is 29.4 Å².